The van der Waals surface area contributed by atoms with Crippen LogP contribution in [0.4, 0.5) is 0 Å². The van der Waals surface area contributed by atoms with E-state index in [1.807, 2.05) is 0 Å². The lowest BCUT2D eigenvalue weighted by molar-refractivity contribution is 0.226. The first-order valence-corrected chi connectivity index (χ1v) is 3.83. The second kappa shape index (κ2) is 3.11. The molecule has 6 heteroatoms. The maximum absolute atomic E-state index is 9.97. The fourth-order valence-electron chi connectivity index (χ4n) is 0.292. The third kappa shape index (κ3) is 3.41. The molecule has 0 aliphatic carbocycles. The molecule has 56 valence electrons. The van der Waals surface area contributed by atoms with Crippen LogP contribution in [0.2, 0.25) is 0 Å². The molecule has 0 heterocycles. The molecule has 0 aliphatic rings. The smallest absolute Gasteiger partial charge is 0.292 e. The molecule has 0 radical (unpaired) electrons. The van der Waals surface area contributed by atoms with Crippen LogP contribution in [-0.4, -0.2) is 30.1 Å². The molecule has 0 saturated carbocycles. The second-order valence-electron chi connectivity index (χ2n) is 1.55. The summed E-state index contributed by atoms with van der Waals surface area (Å²) in [5.74, 6) is 0. The molecule has 0 aliphatic heterocycles. The van der Waals surface area contributed by atoms with E-state index in [2.05, 4.69) is 0 Å². The van der Waals surface area contributed by atoms with Crippen LogP contribution in [0.3, 0.4) is 0 Å². The van der Waals surface area contributed by atoms with E-state index < -0.39 is 15.6 Å². The van der Waals surface area contributed by atoms with Gasteiger partial charge in [0.1, 0.15) is 0 Å². The van der Waals surface area contributed by atoms with Crippen molar-refractivity contribution in [2.45, 2.75) is 11.9 Å². The zero-order chi connectivity index (χ0) is 7.49. The third-order valence-corrected chi connectivity index (χ3v) is 1.68. The van der Waals surface area contributed by atoms with E-state index in [9.17, 15) is 8.42 Å². The largest absolute Gasteiger partial charge is 0.375 e. The van der Waals surface area contributed by atoms with Gasteiger partial charge in [-0.3, -0.25) is 4.55 Å². The van der Waals surface area contributed by atoms with E-state index in [0.29, 0.717) is 0 Å². The summed E-state index contributed by atoms with van der Waals surface area (Å²) in [7, 11) is -4.29. The molecule has 0 fully saturated rings. The summed E-state index contributed by atoms with van der Waals surface area (Å²) >= 11 is 0. The molecule has 0 bridgehead atoms. The van der Waals surface area contributed by atoms with Gasteiger partial charge in [-0.1, -0.05) is 0 Å². The van der Waals surface area contributed by atoms with E-state index in [4.69, 9.17) is 15.4 Å². The maximum atomic E-state index is 9.97. The summed E-state index contributed by atoms with van der Waals surface area (Å²) in [6.07, 6.45) is -0.140. The molecule has 0 rings (SSSR count). The van der Waals surface area contributed by atoms with Gasteiger partial charge in [0.2, 0.25) is 0 Å². The van der Waals surface area contributed by atoms with Crippen molar-refractivity contribution < 1.29 is 18.1 Å². The van der Waals surface area contributed by atoms with Gasteiger partial charge in [0.15, 0.2) is 5.44 Å². The molecule has 1 unspecified atom stereocenters. The Bertz CT molecular complexity index is 163. The van der Waals surface area contributed by atoms with Crippen LogP contribution in [-0.2, 0) is 10.1 Å². The summed E-state index contributed by atoms with van der Waals surface area (Å²) in [5, 5.41) is 8.47. The van der Waals surface area contributed by atoms with E-state index in [1.165, 1.54) is 0 Å². The minimum absolute atomic E-state index is 0.0287. The van der Waals surface area contributed by atoms with E-state index >= 15 is 0 Å². The van der Waals surface area contributed by atoms with Crippen molar-refractivity contribution in [3.8, 4) is 0 Å². The van der Waals surface area contributed by atoms with Crippen molar-refractivity contribution in [2.75, 3.05) is 6.54 Å². The van der Waals surface area contributed by atoms with Gasteiger partial charge >= 0.3 is 0 Å². The molecule has 9 heavy (non-hydrogen) atoms. The fourth-order valence-corrected chi connectivity index (χ4v) is 0.725. The van der Waals surface area contributed by atoms with Crippen LogP contribution < -0.4 is 5.73 Å². The number of aliphatic hydroxyl groups is 1. The number of aliphatic hydroxyl groups excluding tert-OH is 1. The fraction of sp³-hybridized carbons (Fsp3) is 1.00. The summed E-state index contributed by atoms with van der Waals surface area (Å²) in [4.78, 5) is 0. The molecular weight excluding hydrogens is 146 g/mol. The van der Waals surface area contributed by atoms with E-state index in [-0.39, 0.29) is 13.0 Å². The SMILES string of the molecule is NCCC(O)S(=O)(=O)O. The molecule has 4 N–H and O–H groups in total. The lowest BCUT2D eigenvalue weighted by Crippen LogP contribution is -2.22. The number of hydrogen-bond donors (Lipinski definition) is 3. The van der Waals surface area contributed by atoms with Gasteiger partial charge in [0.25, 0.3) is 10.1 Å². The first-order chi connectivity index (χ1) is 3.98. The molecule has 0 spiro atoms. The summed E-state index contributed by atoms with van der Waals surface area (Å²) in [6.45, 7) is 0.0287. The van der Waals surface area contributed by atoms with Gasteiger partial charge in [-0.25, -0.2) is 0 Å². The van der Waals surface area contributed by atoms with Crippen LogP contribution >= 0.6 is 0 Å². The normalized spacial score (nSPS) is 15.4. The van der Waals surface area contributed by atoms with E-state index in [0.717, 1.165) is 0 Å². The van der Waals surface area contributed by atoms with Gasteiger partial charge in [0.05, 0.1) is 0 Å². The zero-order valence-electron chi connectivity index (χ0n) is 4.69. The molecule has 0 aromatic rings. The Kier molecular flexibility index (Phi) is 3.06. The van der Waals surface area contributed by atoms with Crippen LogP contribution in [0, 0.1) is 0 Å². The topological polar surface area (TPSA) is 101 Å². The van der Waals surface area contributed by atoms with Crippen molar-refractivity contribution in [3.05, 3.63) is 0 Å². The van der Waals surface area contributed by atoms with Crippen LogP contribution in [0.15, 0.2) is 0 Å². The van der Waals surface area contributed by atoms with Gasteiger partial charge < -0.3 is 10.8 Å². The zero-order valence-corrected chi connectivity index (χ0v) is 5.50. The Labute approximate surface area is 53.2 Å². The molecular formula is C3H9NO4S. The van der Waals surface area contributed by atoms with Gasteiger partial charge in [0, 0.05) is 6.42 Å². The first-order valence-electron chi connectivity index (χ1n) is 2.33. The van der Waals surface area contributed by atoms with Crippen molar-refractivity contribution in [3.63, 3.8) is 0 Å². The highest BCUT2D eigenvalue weighted by molar-refractivity contribution is 7.86. The highest BCUT2D eigenvalue weighted by Crippen LogP contribution is 1.96. The van der Waals surface area contributed by atoms with Crippen LogP contribution in [0.25, 0.3) is 0 Å². The Hall–Kier alpha value is -0.170. The predicted molar refractivity (Wildman–Crippen MR) is 31.2 cm³/mol. The average molecular weight is 155 g/mol. The lowest BCUT2D eigenvalue weighted by Gasteiger charge is -2.02. The molecule has 0 aromatic carbocycles. The molecule has 5 nitrogen and oxygen atoms in total. The number of rotatable bonds is 3. The first kappa shape index (κ1) is 8.83. The molecule has 0 amide bonds. The van der Waals surface area contributed by atoms with Gasteiger partial charge in [-0.2, -0.15) is 8.42 Å². The highest BCUT2D eigenvalue weighted by Gasteiger charge is 2.17. The quantitative estimate of drug-likeness (QED) is 0.432. The minimum Gasteiger partial charge on any atom is -0.375 e. The number of nitrogens with two attached hydrogens (primary N) is 1. The standard InChI is InChI=1S/C3H9NO4S/c4-2-1-3(5)9(6,7)8/h3,5H,1-2,4H2,(H,6,7,8). The Morgan fingerprint density at radius 2 is 2.00 bits per heavy atom. The van der Waals surface area contributed by atoms with Gasteiger partial charge in [-0.15, -0.1) is 0 Å². The van der Waals surface area contributed by atoms with Crippen molar-refractivity contribution in [2.24, 2.45) is 5.73 Å². The minimum atomic E-state index is -4.29. The second-order valence-corrected chi connectivity index (χ2v) is 3.12. The van der Waals surface area contributed by atoms with Crippen molar-refractivity contribution in [1.29, 1.82) is 0 Å². The maximum Gasteiger partial charge on any atom is 0.292 e. The molecule has 1 atom stereocenters. The van der Waals surface area contributed by atoms with Crippen LogP contribution in [0.5, 0.6) is 0 Å². The predicted octanol–water partition coefficient (Wildman–Crippen LogP) is -1.46. The Morgan fingerprint density at radius 3 is 2.11 bits per heavy atom. The monoisotopic (exact) mass is 155 g/mol. The Balaban J connectivity index is 3.90. The van der Waals surface area contributed by atoms with Gasteiger partial charge in [-0.05, 0) is 6.54 Å². The molecule has 0 aromatic heterocycles. The summed E-state index contributed by atoms with van der Waals surface area (Å²) in [6, 6.07) is 0. The van der Waals surface area contributed by atoms with E-state index in [1.54, 1.807) is 0 Å². The number of hydrogen-bond acceptors (Lipinski definition) is 4. The van der Waals surface area contributed by atoms with Crippen molar-refractivity contribution >= 4 is 10.1 Å². The van der Waals surface area contributed by atoms with Crippen molar-refractivity contribution in [1.82, 2.24) is 0 Å². The summed E-state index contributed by atoms with van der Waals surface area (Å²) in [5.41, 5.74) is 3.16. The molecule has 0 saturated heterocycles. The third-order valence-electron chi connectivity index (χ3n) is 0.757. The lowest BCUT2D eigenvalue weighted by atomic mass is 10.5. The Morgan fingerprint density at radius 1 is 1.56 bits per heavy atom. The highest BCUT2D eigenvalue weighted by atomic mass is 32.2. The average Bonchev–Trinajstić information content (AvgIpc) is 1.64. The van der Waals surface area contributed by atoms with Crippen LogP contribution in [0.1, 0.15) is 6.42 Å². The summed E-state index contributed by atoms with van der Waals surface area (Å²) < 4.78 is 28.0.